The van der Waals surface area contributed by atoms with E-state index in [0.717, 1.165) is 17.8 Å². The molecule has 0 aromatic carbocycles. The van der Waals surface area contributed by atoms with Crippen molar-refractivity contribution >= 4 is 5.82 Å². The van der Waals surface area contributed by atoms with Gasteiger partial charge in [0.15, 0.2) is 0 Å². The molecular weight excluding hydrogens is 214 g/mol. The number of hydrogen-bond acceptors (Lipinski definition) is 2. The lowest BCUT2D eigenvalue weighted by molar-refractivity contribution is -0.00721. The van der Waals surface area contributed by atoms with Crippen LogP contribution in [0.2, 0.25) is 0 Å². The second-order valence-electron chi connectivity index (χ2n) is 6.40. The van der Waals surface area contributed by atoms with Gasteiger partial charge in [0.1, 0.15) is 5.82 Å². The highest BCUT2D eigenvalue weighted by atomic mass is 16.0. The molecule has 4 aliphatic carbocycles. The summed E-state index contributed by atoms with van der Waals surface area (Å²) >= 11 is 0. The second kappa shape index (κ2) is 3.48. The molecule has 1 heterocycles. The van der Waals surface area contributed by atoms with Crippen molar-refractivity contribution in [3.05, 3.63) is 11.8 Å². The predicted molar refractivity (Wildman–Crippen MR) is 66.5 cm³/mol. The van der Waals surface area contributed by atoms with Crippen molar-refractivity contribution in [2.75, 3.05) is 5.73 Å². The summed E-state index contributed by atoms with van der Waals surface area (Å²) in [6.07, 6.45) is 8.59. The van der Waals surface area contributed by atoms with Gasteiger partial charge in [-0.1, -0.05) is 0 Å². The molecule has 5 rings (SSSR count). The van der Waals surface area contributed by atoms with Crippen LogP contribution < -0.4 is 5.73 Å². The molecule has 4 nitrogen and oxygen atoms in total. The molecule has 0 saturated heterocycles. The first kappa shape index (κ1) is 11.1. The fourth-order valence-corrected chi connectivity index (χ4v) is 5.05. The molecule has 0 amide bonds. The molecule has 0 aliphatic heterocycles. The number of nitrogens with one attached hydrogen (secondary N) is 1. The zero-order valence-electron chi connectivity index (χ0n) is 10.1. The van der Waals surface area contributed by atoms with Gasteiger partial charge in [0.25, 0.3) is 0 Å². The van der Waals surface area contributed by atoms with Crippen molar-refractivity contribution in [3.63, 3.8) is 0 Å². The normalized spacial score (nSPS) is 42.5. The molecule has 4 aliphatic rings. The van der Waals surface area contributed by atoms with Crippen molar-refractivity contribution in [1.82, 2.24) is 10.2 Å². The van der Waals surface area contributed by atoms with E-state index in [1.807, 2.05) is 0 Å². The Bertz CT molecular complexity index is 391. The summed E-state index contributed by atoms with van der Waals surface area (Å²) in [5, 5.41) is 7.31. The van der Waals surface area contributed by atoms with E-state index in [1.54, 1.807) is 0 Å². The van der Waals surface area contributed by atoms with Crippen LogP contribution in [-0.2, 0) is 5.41 Å². The standard InChI is InChI=1S/C13H19N3.H2O/c14-12-4-11(15-16-12)13-5-8-1-9(6-13)3-10(2-8)7-13;/h4,8-10H,1-3,5-7H2,(H3,14,15,16);1H2. The summed E-state index contributed by atoms with van der Waals surface area (Å²) in [6.45, 7) is 0. The quantitative estimate of drug-likeness (QED) is 0.775. The number of nitrogens with zero attached hydrogens (tertiary/aromatic N) is 1. The van der Waals surface area contributed by atoms with Gasteiger partial charge in [-0.15, -0.1) is 0 Å². The lowest BCUT2D eigenvalue weighted by Crippen LogP contribution is -2.48. The maximum Gasteiger partial charge on any atom is 0.145 e. The summed E-state index contributed by atoms with van der Waals surface area (Å²) in [5.74, 6) is 3.60. The topological polar surface area (TPSA) is 86.2 Å². The van der Waals surface area contributed by atoms with Gasteiger partial charge in [-0.05, 0) is 56.3 Å². The Balaban J connectivity index is 0.000000902. The zero-order chi connectivity index (χ0) is 10.8. The van der Waals surface area contributed by atoms with E-state index in [9.17, 15) is 0 Å². The lowest BCUT2D eigenvalue weighted by Gasteiger charge is -2.56. The van der Waals surface area contributed by atoms with Crippen LogP contribution in [0.25, 0.3) is 0 Å². The lowest BCUT2D eigenvalue weighted by atomic mass is 9.49. The van der Waals surface area contributed by atoms with Crippen molar-refractivity contribution in [2.45, 2.75) is 43.9 Å². The molecule has 4 heteroatoms. The van der Waals surface area contributed by atoms with E-state index < -0.39 is 0 Å². The number of aromatic amines is 1. The molecule has 4 saturated carbocycles. The Hall–Kier alpha value is -1.03. The molecule has 5 N–H and O–H groups in total. The highest BCUT2D eigenvalue weighted by Gasteiger charge is 2.52. The number of anilines is 1. The van der Waals surface area contributed by atoms with Crippen LogP contribution >= 0.6 is 0 Å². The third-order valence-corrected chi connectivity index (χ3v) is 5.21. The van der Waals surface area contributed by atoms with Crippen molar-refractivity contribution < 1.29 is 5.48 Å². The molecular formula is C13H21N3O. The molecule has 94 valence electrons. The van der Waals surface area contributed by atoms with E-state index in [4.69, 9.17) is 5.73 Å². The Morgan fingerprint density at radius 1 is 1.12 bits per heavy atom. The predicted octanol–water partition coefficient (Wildman–Crippen LogP) is 1.64. The minimum atomic E-state index is 0. The Morgan fingerprint density at radius 3 is 2.06 bits per heavy atom. The first-order chi connectivity index (χ1) is 7.73. The number of nitrogens with two attached hydrogens (primary N) is 1. The van der Waals surface area contributed by atoms with Gasteiger partial charge in [-0.25, -0.2) is 0 Å². The van der Waals surface area contributed by atoms with Gasteiger partial charge in [0.2, 0.25) is 0 Å². The highest BCUT2D eigenvalue weighted by Crippen LogP contribution is 2.60. The summed E-state index contributed by atoms with van der Waals surface area (Å²) in [5.41, 5.74) is 7.49. The molecule has 0 atom stereocenters. The number of rotatable bonds is 1. The Labute approximate surface area is 101 Å². The average molecular weight is 235 g/mol. The number of H-pyrrole nitrogens is 1. The first-order valence-corrected chi connectivity index (χ1v) is 6.55. The number of hydrogen-bond donors (Lipinski definition) is 2. The van der Waals surface area contributed by atoms with Gasteiger partial charge in [-0.3, -0.25) is 5.10 Å². The maximum absolute atomic E-state index is 5.76. The van der Waals surface area contributed by atoms with Gasteiger partial charge in [-0.2, -0.15) is 5.10 Å². The monoisotopic (exact) mass is 235 g/mol. The van der Waals surface area contributed by atoms with Crippen LogP contribution in [0.3, 0.4) is 0 Å². The molecule has 4 bridgehead atoms. The van der Waals surface area contributed by atoms with E-state index in [2.05, 4.69) is 16.3 Å². The summed E-state index contributed by atoms with van der Waals surface area (Å²) < 4.78 is 0. The first-order valence-electron chi connectivity index (χ1n) is 6.55. The molecule has 17 heavy (non-hydrogen) atoms. The number of nitrogen functional groups attached to an aromatic ring is 1. The third kappa shape index (κ3) is 1.50. The molecule has 1 aromatic rings. The average Bonchev–Trinajstić information content (AvgIpc) is 2.63. The highest BCUT2D eigenvalue weighted by molar-refractivity contribution is 5.34. The van der Waals surface area contributed by atoms with Gasteiger partial charge >= 0.3 is 0 Å². The van der Waals surface area contributed by atoms with Gasteiger partial charge < -0.3 is 11.2 Å². The van der Waals surface area contributed by atoms with Crippen molar-refractivity contribution in [3.8, 4) is 0 Å². The molecule has 1 aromatic heterocycles. The SMILES string of the molecule is Nc1cc(C23CC4CC(CC(C4)C2)C3)[nH]n1.O. The van der Waals surface area contributed by atoms with E-state index in [1.165, 1.54) is 44.2 Å². The van der Waals surface area contributed by atoms with Crippen LogP contribution in [0.15, 0.2) is 6.07 Å². The van der Waals surface area contributed by atoms with Crippen molar-refractivity contribution in [1.29, 1.82) is 0 Å². The molecule has 0 spiro atoms. The van der Waals surface area contributed by atoms with Crippen LogP contribution in [-0.4, -0.2) is 15.7 Å². The Kier molecular flexibility index (Phi) is 2.27. The maximum atomic E-state index is 5.76. The zero-order valence-corrected chi connectivity index (χ0v) is 10.1. The second-order valence-corrected chi connectivity index (χ2v) is 6.40. The molecule has 0 unspecified atom stereocenters. The summed E-state index contributed by atoms with van der Waals surface area (Å²) in [6, 6.07) is 2.08. The molecule has 0 radical (unpaired) electrons. The summed E-state index contributed by atoms with van der Waals surface area (Å²) in [4.78, 5) is 0. The fraction of sp³-hybridized carbons (Fsp3) is 0.769. The number of aromatic nitrogens is 2. The summed E-state index contributed by atoms with van der Waals surface area (Å²) in [7, 11) is 0. The molecule has 4 fully saturated rings. The van der Waals surface area contributed by atoms with Crippen LogP contribution in [0.1, 0.15) is 44.2 Å². The van der Waals surface area contributed by atoms with E-state index >= 15 is 0 Å². The van der Waals surface area contributed by atoms with E-state index in [0.29, 0.717) is 11.2 Å². The third-order valence-electron chi connectivity index (χ3n) is 5.21. The fourth-order valence-electron chi connectivity index (χ4n) is 5.05. The van der Waals surface area contributed by atoms with Gasteiger partial charge in [0, 0.05) is 17.2 Å². The minimum absolute atomic E-state index is 0. The van der Waals surface area contributed by atoms with Crippen LogP contribution in [0.4, 0.5) is 5.82 Å². The Morgan fingerprint density at radius 2 is 1.65 bits per heavy atom. The van der Waals surface area contributed by atoms with Crippen LogP contribution in [0.5, 0.6) is 0 Å². The minimum Gasteiger partial charge on any atom is -0.412 e. The van der Waals surface area contributed by atoms with Gasteiger partial charge in [0.05, 0.1) is 0 Å². The van der Waals surface area contributed by atoms with Crippen molar-refractivity contribution in [2.24, 2.45) is 17.8 Å². The smallest absolute Gasteiger partial charge is 0.145 e. The van der Waals surface area contributed by atoms with E-state index in [-0.39, 0.29) is 5.48 Å². The largest absolute Gasteiger partial charge is 0.412 e. The van der Waals surface area contributed by atoms with Crippen LogP contribution in [0, 0.1) is 17.8 Å².